The van der Waals surface area contributed by atoms with Gasteiger partial charge in [0.15, 0.2) is 11.0 Å². The summed E-state index contributed by atoms with van der Waals surface area (Å²) in [5, 5.41) is 11.8. The minimum atomic E-state index is -0.576. The fourth-order valence-electron chi connectivity index (χ4n) is 3.81. The molecule has 4 rings (SSSR count). The van der Waals surface area contributed by atoms with Crippen molar-refractivity contribution in [3.63, 3.8) is 0 Å². The van der Waals surface area contributed by atoms with Crippen LogP contribution < -0.4 is 10.2 Å². The molecular weight excluding hydrogens is 429 g/mol. The molecule has 2 aromatic carbocycles. The normalized spacial score (nSPS) is 13.7. The molecule has 0 saturated carbocycles. The minimum Gasteiger partial charge on any atom is -0.342 e. The van der Waals surface area contributed by atoms with E-state index in [1.54, 1.807) is 13.0 Å². The Morgan fingerprint density at radius 2 is 1.91 bits per heavy atom. The molecule has 0 fully saturated rings. The van der Waals surface area contributed by atoms with Crippen LogP contribution in [0.5, 0.6) is 0 Å². The molecule has 0 unspecified atom stereocenters. The summed E-state index contributed by atoms with van der Waals surface area (Å²) < 4.78 is 15.8. The van der Waals surface area contributed by atoms with Gasteiger partial charge in [-0.25, -0.2) is 4.39 Å². The average molecular weight is 454 g/mol. The quantitative estimate of drug-likeness (QED) is 0.553. The summed E-state index contributed by atoms with van der Waals surface area (Å²) in [6, 6.07) is 13.3. The summed E-state index contributed by atoms with van der Waals surface area (Å²) in [7, 11) is 0. The van der Waals surface area contributed by atoms with Gasteiger partial charge in [0, 0.05) is 18.8 Å². The van der Waals surface area contributed by atoms with Gasteiger partial charge in [-0.05, 0) is 44.0 Å². The number of rotatable bonds is 7. The number of para-hydroxylation sites is 1. The number of anilines is 1. The van der Waals surface area contributed by atoms with Crippen molar-refractivity contribution in [1.82, 2.24) is 20.1 Å². The number of fused-ring (bicyclic) bond motifs is 1. The average Bonchev–Trinajstić information content (AvgIpc) is 3.41. The topological polar surface area (TPSA) is 80.1 Å². The van der Waals surface area contributed by atoms with Crippen LogP contribution in [0, 0.1) is 5.82 Å². The first kappa shape index (κ1) is 22.0. The fourth-order valence-corrected chi connectivity index (χ4v) is 4.70. The zero-order valence-electron chi connectivity index (χ0n) is 17.9. The Balaban J connectivity index is 1.42. The third-order valence-electron chi connectivity index (χ3n) is 5.43. The molecule has 0 saturated heterocycles. The first-order valence-electron chi connectivity index (χ1n) is 10.5. The van der Waals surface area contributed by atoms with Gasteiger partial charge >= 0.3 is 0 Å². The van der Waals surface area contributed by atoms with E-state index in [0.717, 1.165) is 12.1 Å². The molecule has 166 valence electrons. The van der Waals surface area contributed by atoms with Crippen molar-refractivity contribution in [3.05, 3.63) is 71.3 Å². The second-order valence-corrected chi connectivity index (χ2v) is 8.42. The SMILES string of the molecule is CCn1c(SCC(=O)N2CCc3ccccc32)nnc1[C@@H](C)NC(=O)c1ccccc1F. The fraction of sp³-hybridized carbons (Fsp3) is 0.304. The van der Waals surface area contributed by atoms with Crippen molar-refractivity contribution in [2.75, 3.05) is 17.2 Å². The first-order chi connectivity index (χ1) is 15.5. The van der Waals surface area contributed by atoms with E-state index in [2.05, 4.69) is 15.5 Å². The third kappa shape index (κ3) is 4.38. The molecule has 7 nitrogen and oxygen atoms in total. The van der Waals surface area contributed by atoms with E-state index in [1.807, 2.05) is 40.7 Å². The van der Waals surface area contributed by atoms with Crippen LogP contribution in [0.2, 0.25) is 0 Å². The van der Waals surface area contributed by atoms with Crippen molar-refractivity contribution in [3.8, 4) is 0 Å². The van der Waals surface area contributed by atoms with Crippen LogP contribution in [-0.2, 0) is 17.8 Å². The molecule has 1 aliphatic heterocycles. The van der Waals surface area contributed by atoms with Crippen molar-refractivity contribution < 1.29 is 14.0 Å². The van der Waals surface area contributed by atoms with Crippen molar-refractivity contribution >= 4 is 29.3 Å². The van der Waals surface area contributed by atoms with E-state index in [-0.39, 0.29) is 17.2 Å². The van der Waals surface area contributed by atoms with Crippen LogP contribution in [-0.4, -0.2) is 38.9 Å². The maximum atomic E-state index is 13.9. The van der Waals surface area contributed by atoms with E-state index in [1.165, 1.54) is 35.5 Å². The number of benzene rings is 2. The van der Waals surface area contributed by atoms with E-state index in [4.69, 9.17) is 0 Å². The monoisotopic (exact) mass is 453 g/mol. The van der Waals surface area contributed by atoms with Crippen molar-refractivity contribution in [2.45, 2.75) is 38.0 Å². The van der Waals surface area contributed by atoms with Gasteiger partial charge in [-0.2, -0.15) is 0 Å². The van der Waals surface area contributed by atoms with E-state index < -0.39 is 17.8 Å². The lowest BCUT2D eigenvalue weighted by atomic mass is 10.2. The van der Waals surface area contributed by atoms with Gasteiger partial charge < -0.3 is 14.8 Å². The van der Waals surface area contributed by atoms with Crippen LogP contribution in [0.15, 0.2) is 53.7 Å². The molecule has 2 amide bonds. The van der Waals surface area contributed by atoms with Gasteiger partial charge in [-0.1, -0.05) is 42.1 Å². The molecule has 1 atom stereocenters. The number of nitrogens with one attached hydrogen (secondary N) is 1. The smallest absolute Gasteiger partial charge is 0.254 e. The first-order valence-corrected chi connectivity index (χ1v) is 11.5. The summed E-state index contributed by atoms with van der Waals surface area (Å²) in [4.78, 5) is 27.1. The highest BCUT2D eigenvalue weighted by Gasteiger charge is 2.25. The molecule has 0 radical (unpaired) electrons. The molecule has 1 N–H and O–H groups in total. The summed E-state index contributed by atoms with van der Waals surface area (Å²) in [6.45, 7) is 4.98. The lowest BCUT2D eigenvalue weighted by molar-refractivity contribution is -0.116. The standard InChI is InChI=1S/C23H24FN5O2S/c1-3-28-21(15(2)25-22(31)17-9-5-6-10-18(17)24)26-27-23(28)32-14-20(30)29-13-12-16-8-4-7-11-19(16)29/h4-11,15H,3,12-14H2,1-2H3,(H,25,31)/t15-/m1/s1. The summed E-state index contributed by atoms with van der Waals surface area (Å²) in [5.74, 6) is -0.278. The van der Waals surface area contributed by atoms with Crippen LogP contribution in [0.1, 0.15) is 41.6 Å². The number of hydrogen-bond donors (Lipinski definition) is 1. The van der Waals surface area contributed by atoms with Crippen LogP contribution in [0.25, 0.3) is 0 Å². The number of hydrogen-bond acceptors (Lipinski definition) is 5. The van der Waals surface area contributed by atoms with Crippen molar-refractivity contribution in [2.24, 2.45) is 0 Å². The van der Waals surface area contributed by atoms with Crippen LogP contribution in [0.3, 0.4) is 0 Å². The van der Waals surface area contributed by atoms with Crippen molar-refractivity contribution in [1.29, 1.82) is 0 Å². The highest BCUT2D eigenvalue weighted by atomic mass is 32.2. The highest BCUT2D eigenvalue weighted by molar-refractivity contribution is 7.99. The molecule has 9 heteroatoms. The van der Waals surface area contributed by atoms with E-state index >= 15 is 0 Å². The number of carbonyl (C=O) groups excluding carboxylic acids is 2. The second kappa shape index (κ2) is 9.52. The molecule has 0 bridgehead atoms. The Morgan fingerprint density at radius 1 is 1.16 bits per heavy atom. The molecule has 32 heavy (non-hydrogen) atoms. The van der Waals surface area contributed by atoms with Gasteiger partial charge in [0.1, 0.15) is 5.82 Å². The Morgan fingerprint density at radius 3 is 2.69 bits per heavy atom. The zero-order valence-corrected chi connectivity index (χ0v) is 18.7. The Kier molecular flexibility index (Phi) is 6.55. The maximum Gasteiger partial charge on any atom is 0.254 e. The maximum absolute atomic E-state index is 13.9. The molecule has 0 spiro atoms. The molecule has 2 heterocycles. The Bertz CT molecular complexity index is 1150. The minimum absolute atomic E-state index is 0.0204. The zero-order chi connectivity index (χ0) is 22.7. The third-order valence-corrected chi connectivity index (χ3v) is 6.38. The predicted octanol–water partition coefficient (Wildman–Crippen LogP) is 3.61. The Hall–Kier alpha value is -3.20. The lowest BCUT2D eigenvalue weighted by Gasteiger charge is -2.17. The number of halogens is 1. The number of nitrogens with zero attached hydrogens (tertiary/aromatic N) is 4. The number of carbonyl (C=O) groups is 2. The number of thioether (sulfide) groups is 1. The summed E-state index contributed by atoms with van der Waals surface area (Å²) in [6.07, 6.45) is 0.862. The van der Waals surface area contributed by atoms with Gasteiger partial charge in [-0.15, -0.1) is 10.2 Å². The Labute approximate surface area is 190 Å². The second-order valence-electron chi connectivity index (χ2n) is 7.47. The molecule has 1 aromatic heterocycles. The number of amides is 2. The van der Waals surface area contributed by atoms with Gasteiger partial charge in [-0.3, -0.25) is 9.59 Å². The summed E-state index contributed by atoms with van der Waals surface area (Å²) in [5.41, 5.74) is 2.14. The largest absolute Gasteiger partial charge is 0.342 e. The van der Waals surface area contributed by atoms with Gasteiger partial charge in [0.05, 0.1) is 17.4 Å². The van der Waals surface area contributed by atoms with E-state index in [0.29, 0.717) is 24.1 Å². The molecule has 0 aliphatic carbocycles. The molecule has 1 aliphatic rings. The van der Waals surface area contributed by atoms with Gasteiger partial charge in [0.25, 0.3) is 5.91 Å². The number of aromatic nitrogens is 3. The van der Waals surface area contributed by atoms with Crippen LogP contribution >= 0.6 is 11.8 Å². The molecular formula is C23H24FN5O2S. The highest BCUT2D eigenvalue weighted by Crippen LogP contribution is 2.29. The predicted molar refractivity (Wildman–Crippen MR) is 121 cm³/mol. The van der Waals surface area contributed by atoms with E-state index in [9.17, 15) is 14.0 Å². The lowest BCUT2D eigenvalue weighted by Crippen LogP contribution is -2.30. The summed E-state index contributed by atoms with van der Waals surface area (Å²) >= 11 is 1.32. The van der Waals surface area contributed by atoms with Crippen LogP contribution in [0.4, 0.5) is 10.1 Å². The van der Waals surface area contributed by atoms with Gasteiger partial charge in [0.2, 0.25) is 5.91 Å². The molecule has 3 aromatic rings.